The minimum Gasteiger partial charge on any atom is -0.475 e. The number of carboxylic acid groups (broad SMARTS) is 1. The van der Waals surface area contributed by atoms with E-state index < -0.39 is 12.1 Å². The molecule has 34 heavy (non-hydrogen) atoms. The molecule has 2 aromatic heterocycles. The van der Waals surface area contributed by atoms with Gasteiger partial charge in [0.15, 0.2) is 0 Å². The number of aryl methyl sites for hydroxylation is 1. The number of benzene rings is 1. The van der Waals surface area contributed by atoms with Gasteiger partial charge >= 0.3 is 12.1 Å². The lowest BCUT2D eigenvalue weighted by Gasteiger charge is -2.32. The van der Waals surface area contributed by atoms with E-state index in [-0.39, 0.29) is 6.61 Å². The lowest BCUT2D eigenvalue weighted by atomic mass is 9.99. The number of rotatable bonds is 5. The minimum absolute atomic E-state index is 0.227. The van der Waals surface area contributed by atoms with Gasteiger partial charge in [0.05, 0.1) is 5.69 Å². The van der Waals surface area contributed by atoms with Gasteiger partial charge in [-0.1, -0.05) is 0 Å². The zero-order chi connectivity index (χ0) is 24.7. The number of piperidine rings is 1. The number of nitrogens with zero attached hydrogens (tertiary/aromatic N) is 6. The molecule has 1 atom stereocenters. The molecule has 0 amide bonds. The van der Waals surface area contributed by atoms with Crippen molar-refractivity contribution in [1.29, 1.82) is 0 Å². The second-order valence-electron chi connectivity index (χ2n) is 7.59. The number of hydrogen-bond acceptors (Lipinski definition) is 8. The number of hydrogen-bond donors (Lipinski definition) is 3. The number of aliphatic carboxylic acids is 1. The van der Waals surface area contributed by atoms with Crippen molar-refractivity contribution in [2.45, 2.75) is 25.9 Å². The van der Waals surface area contributed by atoms with Gasteiger partial charge in [-0.05, 0) is 56.0 Å². The van der Waals surface area contributed by atoms with Gasteiger partial charge in [-0.2, -0.15) is 23.3 Å². The number of alkyl halides is 3. The summed E-state index contributed by atoms with van der Waals surface area (Å²) in [6.45, 7) is 3.88. The molecule has 0 radical (unpaired) electrons. The van der Waals surface area contributed by atoms with Crippen LogP contribution in [-0.2, 0) is 4.79 Å². The van der Waals surface area contributed by atoms with E-state index in [0.717, 1.165) is 48.9 Å². The maximum Gasteiger partial charge on any atom is 0.490 e. The van der Waals surface area contributed by atoms with Gasteiger partial charge in [0.2, 0.25) is 5.95 Å². The topological polar surface area (TPSA) is 129 Å². The first-order valence-electron chi connectivity index (χ1n) is 10.4. The standard InChI is InChI=1S/C19H23N7O.C2HF3O2/c1-14-21-13-26(24-14)17-6-4-16(5-7-17)22-19-20-9-8-18(23-19)25-10-2-3-15(11-25)12-27;3-2(4,5)1(6)7/h4-9,13,15,27H,2-3,10-12H2,1H3,(H,20,22,23);(H,6,7). The number of nitrogens with one attached hydrogen (secondary N) is 1. The molecule has 3 N–H and O–H groups in total. The molecule has 0 bridgehead atoms. The maximum atomic E-state index is 10.6. The van der Waals surface area contributed by atoms with Crippen LogP contribution < -0.4 is 10.2 Å². The molecule has 1 unspecified atom stereocenters. The monoisotopic (exact) mass is 479 g/mol. The summed E-state index contributed by atoms with van der Waals surface area (Å²) < 4.78 is 33.5. The van der Waals surface area contributed by atoms with Gasteiger partial charge in [-0.15, -0.1) is 0 Å². The lowest BCUT2D eigenvalue weighted by molar-refractivity contribution is -0.192. The summed E-state index contributed by atoms with van der Waals surface area (Å²) in [5.74, 6) is -0.252. The minimum atomic E-state index is -5.08. The molecule has 1 saturated heterocycles. The predicted molar refractivity (Wildman–Crippen MR) is 117 cm³/mol. The third kappa shape index (κ3) is 6.88. The molecule has 1 aliphatic heterocycles. The summed E-state index contributed by atoms with van der Waals surface area (Å²) in [4.78, 5) is 24.2. The van der Waals surface area contributed by atoms with E-state index in [0.29, 0.717) is 11.9 Å². The zero-order valence-electron chi connectivity index (χ0n) is 18.3. The molecular formula is C21H24F3N7O3. The van der Waals surface area contributed by atoms with Gasteiger partial charge < -0.3 is 20.4 Å². The van der Waals surface area contributed by atoms with Crippen LogP contribution >= 0.6 is 0 Å². The van der Waals surface area contributed by atoms with Crippen molar-refractivity contribution in [2.75, 3.05) is 29.9 Å². The molecule has 3 heterocycles. The average Bonchev–Trinajstić information content (AvgIpc) is 3.26. The third-order valence-electron chi connectivity index (χ3n) is 4.98. The Kier molecular flexibility index (Phi) is 7.99. The van der Waals surface area contributed by atoms with Crippen LogP contribution in [0.25, 0.3) is 5.69 Å². The second kappa shape index (κ2) is 10.9. The number of aliphatic hydroxyl groups excluding tert-OH is 1. The van der Waals surface area contributed by atoms with E-state index in [9.17, 15) is 18.3 Å². The Balaban J connectivity index is 0.000000406. The molecule has 0 spiro atoms. The van der Waals surface area contributed by atoms with Crippen LogP contribution in [0.5, 0.6) is 0 Å². The highest BCUT2D eigenvalue weighted by molar-refractivity contribution is 5.73. The molecule has 13 heteroatoms. The molecule has 1 fully saturated rings. The van der Waals surface area contributed by atoms with E-state index in [2.05, 4.69) is 30.3 Å². The summed E-state index contributed by atoms with van der Waals surface area (Å²) in [5.41, 5.74) is 1.85. The first-order chi connectivity index (χ1) is 16.2. The number of anilines is 3. The Morgan fingerprint density at radius 3 is 2.50 bits per heavy atom. The highest BCUT2D eigenvalue weighted by Gasteiger charge is 2.38. The normalized spacial score (nSPS) is 15.9. The van der Waals surface area contributed by atoms with Crippen LogP contribution in [0.15, 0.2) is 42.9 Å². The van der Waals surface area contributed by atoms with Crippen molar-refractivity contribution < 1.29 is 28.2 Å². The third-order valence-corrected chi connectivity index (χ3v) is 4.98. The Bertz CT molecular complexity index is 1090. The zero-order valence-corrected chi connectivity index (χ0v) is 18.3. The molecule has 1 aliphatic rings. The van der Waals surface area contributed by atoms with Crippen molar-refractivity contribution >= 4 is 23.4 Å². The van der Waals surface area contributed by atoms with Crippen LogP contribution in [0.1, 0.15) is 18.7 Å². The van der Waals surface area contributed by atoms with Gasteiger partial charge in [0.1, 0.15) is 18.0 Å². The van der Waals surface area contributed by atoms with Gasteiger partial charge in [0, 0.05) is 31.6 Å². The van der Waals surface area contributed by atoms with Crippen molar-refractivity contribution in [3.8, 4) is 5.69 Å². The van der Waals surface area contributed by atoms with E-state index in [1.807, 2.05) is 37.3 Å². The SMILES string of the molecule is Cc1ncn(-c2ccc(Nc3nccc(N4CCCC(CO)C4)n3)cc2)n1.O=C(O)C(F)(F)F. The first kappa shape index (κ1) is 24.9. The number of halogens is 3. The maximum absolute atomic E-state index is 10.6. The quantitative estimate of drug-likeness (QED) is 0.506. The Hall–Kier alpha value is -3.74. The van der Waals surface area contributed by atoms with E-state index in [4.69, 9.17) is 9.90 Å². The van der Waals surface area contributed by atoms with Crippen LogP contribution in [0, 0.1) is 12.8 Å². The number of aromatic nitrogens is 5. The van der Waals surface area contributed by atoms with Crippen LogP contribution in [-0.4, -0.2) is 66.8 Å². The second-order valence-corrected chi connectivity index (χ2v) is 7.59. The molecule has 10 nitrogen and oxygen atoms in total. The fraction of sp³-hybridized carbons (Fsp3) is 0.381. The fourth-order valence-electron chi connectivity index (χ4n) is 3.30. The van der Waals surface area contributed by atoms with Crippen LogP contribution in [0.2, 0.25) is 0 Å². The molecule has 182 valence electrons. The predicted octanol–water partition coefficient (Wildman–Crippen LogP) is 2.95. The van der Waals surface area contributed by atoms with Crippen molar-refractivity contribution in [3.05, 3.63) is 48.7 Å². The summed E-state index contributed by atoms with van der Waals surface area (Å²) in [5, 5.41) is 24.1. The smallest absolute Gasteiger partial charge is 0.475 e. The Morgan fingerprint density at radius 2 is 1.91 bits per heavy atom. The summed E-state index contributed by atoms with van der Waals surface area (Å²) >= 11 is 0. The first-order valence-corrected chi connectivity index (χ1v) is 10.4. The van der Waals surface area contributed by atoms with Crippen LogP contribution in [0.4, 0.5) is 30.6 Å². The summed E-state index contributed by atoms with van der Waals surface area (Å²) in [6, 6.07) is 9.78. The van der Waals surface area contributed by atoms with Gasteiger partial charge in [0.25, 0.3) is 0 Å². The molecule has 4 rings (SSSR count). The number of carbonyl (C=O) groups is 1. The Labute approximate surface area is 193 Å². The molecule has 3 aromatic rings. The fourth-order valence-corrected chi connectivity index (χ4v) is 3.30. The van der Waals surface area contributed by atoms with E-state index in [1.165, 1.54) is 0 Å². The van der Waals surface area contributed by atoms with Crippen molar-refractivity contribution in [3.63, 3.8) is 0 Å². The van der Waals surface area contributed by atoms with E-state index in [1.54, 1.807) is 17.2 Å². The molecule has 0 saturated carbocycles. The molecule has 0 aliphatic carbocycles. The summed E-state index contributed by atoms with van der Waals surface area (Å²) in [7, 11) is 0. The molecule has 1 aromatic carbocycles. The van der Waals surface area contributed by atoms with Gasteiger partial charge in [-0.3, -0.25) is 0 Å². The number of aliphatic hydroxyl groups is 1. The highest BCUT2D eigenvalue weighted by atomic mass is 19.4. The van der Waals surface area contributed by atoms with Crippen molar-refractivity contribution in [1.82, 2.24) is 24.7 Å². The number of carboxylic acids is 1. The highest BCUT2D eigenvalue weighted by Crippen LogP contribution is 2.23. The summed E-state index contributed by atoms with van der Waals surface area (Å²) in [6.07, 6.45) is 0.518. The molecular weight excluding hydrogens is 455 g/mol. The van der Waals surface area contributed by atoms with Crippen molar-refractivity contribution in [2.24, 2.45) is 5.92 Å². The average molecular weight is 479 g/mol. The Morgan fingerprint density at radius 1 is 1.21 bits per heavy atom. The lowest BCUT2D eigenvalue weighted by Crippen LogP contribution is -2.37. The van der Waals surface area contributed by atoms with Gasteiger partial charge in [-0.25, -0.2) is 19.4 Å². The van der Waals surface area contributed by atoms with E-state index >= 15 is 0 Å². The largest absolute Gasteiger partial charge is 0.490 e. The van der Waals surface area contributed by atoms with Crippen LogP contribution in [0.3, 0.4) is 0 Å².